The molecule has 0 bridgehead atoms. The van der Waals surface area contributed by atoms with Gasteiger partial charge in [0.1, 0.15) is 10.7 Å². The van der Waals surface area contributed by atoms with Crippen LogP contribution in [0.15, 0.2) is 18.2 Å². The first-order valence-corrected chi connectivity index (χ1v) is 9.74. The lowest BCUT2D eigenvalue weighted by molar-refractivity contribution is 0.0935. The van der Waals surface area contributed by atoms with E-state index in [4.69, 9.17) is 4.74 Å². The molecule has 1 aliphatic rings. The second-order valence-corrected chi connectivity index (χ2v) is 7.48. The van der Waals surface area contributed by atoms with Crippen molar-refractivity contribution in [2.24, 2.45) is 0 Å². The van der Waals surface area contributed by atoms with Crippen LogP contribution in [-0.2, 0) is 0 Å². The molecule has 4 nitrogen and oxygen atoms in total. The lowest BCUT2D eigenvalue weighted by Gasteiger charge is -2.35. The molecule has 2 heterocycles. The molecule has 0 aliphatic carbocycles. The predicted molar refractivity (Wildman–Crippen MR) is 100 cm³/mol. The Morgan fingerprint density at radius 1 is 1.44 bits per heavy atom. The van der Waals surface area contributed by atoms with Gasteiger partial charge in [-0.2, -0.15) is 0 Å². The first-order valence-electron chi connectivity index (χ1n) is 8.93. The number of fused-ring (bicyclic) bond motifs is 1. The zero-order chi connectivity index (χ0) is 17.8. The highest BCUT2D eigenvalue weighted by atomic mass is 32.1. The number of amides is 1. The Morgan fingerprint density at radius 2 is 2.28 bits per heavy atom. The molecule has 0 spiro atoms. The van der Waals surface area contributed by atoms with E-state index < -0.39 is 0 Å². The highest BCUT2D eigenvalue weighted by molar-refractivity contribution is 7.21. The smallest absolute Gasteiger partial charge is 0.265 e. The van der Waals surface area contributed by atoms with Crippen LogP contribution in [0.25, 0.3) is 10.1 Å². The van der Waals surface area contributed by atoms with E-state index in [1.54, 1.807) is 6.07 Å². The fourth-order valence-corrected chi connectivity index (χ4v) is 4.74. The molecule has 0 radical (unpaired) electrons. The highest BCUT2D eigenvalue weighted by Crippen LogP contribution is 2.39. The number of piperidine rings is 1. The van der Waals surface area contributed by atoms with Gasteiger partial charge in [0.25, 0.3) is 5.91 Å². The molecule has 1 aromatic heterocycles. The number of methoxy groups -OCH3 is 1. The van der Waals surface area contributed by atoms with Gasteiger partial charge in [0.05, 0.1) is 12.5 Å². The fourth-order valence-electron chi connectivity index (χ4n) is 3.63. The molecule has 1 atom stereocenters. The summed E-state index contributed by atoms with van der Waals surface area (Å²) in [4.78, 5) is 15.5. The molecule has 1 amide bonds. The van der Waals surface area contributed by atoms with Crippen LogP contribution in [0, 0.1) is 5.82 Å². The van der Waals surface area contributed by atoms with Crippen LogP contribution < -0.4 is 10.1 Å². The van der Waals surface area contributed by atoms with Gasteiger partial charge in [-0.05, 0) is 37.9 Å². The number of nitrogens with zero attached hydrogens (tertiary/aromatic N) is 1. The van der Waals surface area contributed by atoms with Crippen molar-refractivity contribution in [1.29, 1.82) is 0 Å². The average molecular weight is 364 g/mol. The molecule has 2 aromatic rings. The van der Waals surface area contributed by atoms with Gasteiger partial charge in [-0.15, -0.1) is 11.3 Å². The lowest BCUT2D eigenvalue weighted by atomic mass is 10.0. The van der Waals surface area contributed by atoms with Gasteiger partial charge in [0.15, 0.2) is 5.75 Å². The molecule has 0 saturated carbocycles. The molecule has 1 aliphatic heterocycles. The summed E-state index contributed by atoms with van der Waals surface area (Å²) in [5.41, 5.74) is 0. The molecular weight excluding hydrogens is 339 g/mol. The molecule has 1 N–H and O–H groups in total. The van der Waals surface area contributed by atoms with Gasteiger partial charge in [0.2, 0.25) is 0 Å². The minimum absolute atomic E-state index is 0.192. The number of carbonyl (C=O) groups excluding carboxylic acids is 1. The first kappa shape index (κ1) is 18.1. The molecule has 1 fully saturated rings. The van der Waals surface area contributed by atoms with E-state index in [0.717, 1.165) is 24.2 Å². The molecule has 6 heteroatoms. The summed E-state index contributed by atoms with van der Waals surface area (Å²) in [5, 5.41) is 3.36. The van der Waals surface area contributed by atoms with Crippen molar-refractivity contribution >= 4 is 27.3 Å². The van der Waals surface area contributed by atoms with Crippen LogP contribution in [0.2, 0.25) is 0 Å². The van der Waals surface area contributed by atoms with Crippen LogP contribution in [0.3, 0.4) is 0 Å². The normalized spacial score (nSPS) is 18.4. The third-order valence-corrected chi connectivity index (χ3v) is 6.07. The summed E-state index contributed by atoms with van der Waals surface area (Å²) in [7, 11) is 1.48. The zero-order valence-electron chi connectivity index (χ0n) is 14.8. The quantitative estimate of drug-likeness (QED) is 0.841. The van der Waals surface area contributed by atoms with Gasteiger partial charge < -0.3 is 10.1 Å². The maximum absolute atomic E-state index is 14.1. The molecule has 25 heavy (non-hydrogen) atoms. The summed E-state index contributed by atoms with van der Waals surface area (Å²) >= 11 is 1.27. The highest BCUT2D eigenvalue weighted by Gasteiger charge is 2.23. The van der Waals surface area contributed by atoms with Crippen molar-refractivity contribution < 1.29 is 13.9 Å². The van der Waals surface area contributed by atoms with E-state index in [2.05, 4.69) is 17.1 Å². The third kappa shape index (κ3) is 3.80. The second-order valence-electron chi connectivity index (χ2n) is 6.43. The maximum Gasteiger partial charge on any atom is 0.265 e. The maximum atomic E-state index is 14.1. The third-order valence-electron chi connectivity index (χ3n) is 4.94. The lowest BCUT2D eigenvalue weighted by Crippen LogP contribution is -2.43. The number of halogens is 1. The van der Waals surface area contributed by atoms with Crippen molar-refractivity contribution in [3.63, 3.8) is 0 Å². The number of hydrogen-bond acceptors (Lipinski definition) is 4. The summed E-state index contributed by atoms with van der Waals surface area (Å²) in [5.74, 6) is -0.216. The molecule has 1 aromatic carbocycles. The second kappa shape index (κ2) is 8.15. The monoisotopic (exact) mass is 364 g/mol. The van der Waals surface area contributed by atoms with Gasteiger partial charge in [-0.1, -0.05) is 19.4 Å². The van der Waals surface area contributed by atoms with Gasteiger partial charge in [0, 0.05) is 23.8 Å². The largest absolute Gasteiger partial charge is 0.494 e. The summed E-state index contributed by atoms with van der Waals surface area (Å²) < 4.78 is 20.1. The van der Waals surface area contributed by atoms with E-state index in [1.807, 2.05) is 6.07 Å². The number of likely N-dealkylation sites (tertiary alicyclic amines) is 1. The van der Waals surface area contributed by atoms with Crippen molar-refractivity contribution in [3.8, 4) is 5.75 Å². The van der Waals surface area contributed by atoms with Gasteiger partial charge in [-0.3, -0.25) is 9.69 Å². The fraction of sp³-hybridized carbons (Fsp3) is 0.526. The Balaban J connectivity index is 1.67. The Kier molecular flexibility index (Phi) is 5.91. The van der Waals surface area contributed by atoms with Crippen molar-refractivity contribution in [2.75, 3.05) is 26.7 Å². The predicted octanol–water partition coefficient (Wildman–Crippen LogP) is 4.04. The van der Waals surface area contributed by atoms with Crippen LogP contribution in [-0.4, -0.2) is 43.6 Å². The number of benzene rings is 1. The van der Waals surface area contributed by atoms with Crippen molar-refractivity contribution in [2.45, 2.75) is 38.6 Å². The molecule has 3 rings (SSSR count). The Labute approximate surface area is 152 Å². The number of rotatable bonds is 6. The standard InChI is InChI=1S/C19H25FN2O2S/c1-3-13-7-4-5-11-22(13)12-10-21-19(23)18-17(24-2)16-14(20)8-6-9-15(16)25-18/h6,8-9,13H,3-5,7,10-12H2,1-2H3,(H,21,23)/t13-/m1/s1. The first-order chi connectivity index (χ1) is 12.2. The van der Waals surface area contributed by atoms with E-state index in [0.29, 0.717) is 28.6 Å². The molecule has 136 valence electrons. The minimum Gasteiger partial charge on any atom is -0.494 e. The average Bonchev–Trinajstić information content (AvgIpc) is 3.02. The van der Waals surface area contributed by atoms with Crippen LogP contribution in [0.4, 0.5) is 4.39 Å². The zero-order valence-corrected chi connectivity index (χ0v) is 15.6. The SMILES string of the molecule is CC[C@@H]1CCCCN1CCNC(=O)c1sc2cccc(F)c2c1OC. The number of ether oxygens (including phenoxy) is 1. The number of carbonyl (C=O) groups is 1. The van der Waals surface area contributed by atoms with Gasteiger partial charge >= 0.3 is 0 Å². The van der Waals surface area contributed by atoms with Crippen LogP contribution in [0.5, 0.6) is 5.75 Å². The molecule has 1 saturated heterocycles. The van der Waals surface area contributed by atoms with Crippen molar-refractivity contribution in [3.05, 3.63) is 28.9 Å². The Morgan fingerprint density at radius 3 is 3.04 bits per heavy atom. The topological polar surface area (TPSA) is 41.6 Å². The van der Waals surface area contributed by atoms with E-state index in [1.165, 1.54) is 43.8 Å². The minimum atomic E-state index is -0.358. The van der Waals surface area contributed by atoms with Crippen LogP contribution >= 0.6 is 11.3 Å². The van der Waals surface area contributed by atoms with E-state index >= 15 is 0 Å². The molecular formula is C19H25FN2O2S. The Bertz CT molecular complexity index is 746. The van der Waals surface area contributed by atoms with E-state index in [-0.39, 0.29) is 11.7 Å². The number of nitrogens with one attached hydrogen (secondary N) is 1. The summed E-state index contributed by atoms with van der Waals surface area (Å²) in [6, 6.07) is 5.47. The van der Waals surface area contributed by atoms with Crippen LogP contribution in [0.1, 0.15) is 42.3 Å². The molecule has 0 unspecified atom stereocenters. The summed E-state index contributed by atoms with van der Waals surface area (Å²) in [6.45, 7) is 4.77. The van der Waals surface area contributed by atoms with E-state index in [9.17, 15) is 9.18 Å². The Hall–Kier alpha value is -1.66. The number of thiophene rings is 1. The summed E-state index contributed by atoms with van der Waals surface area (Å²) in [6.07, 6.45) is 4.92. The van der Waals surface area contributed by atoms with Gasteiger partial charge in [-0.25, -0.2) is 4.39 Å². The number of hydrogen-bond donors (Lipinski definition) is 1. The van der Waals surface area contributed by atoms with Crippen molar-refractivity contribution in [1.82, 2.24) is 10.2 Å².